The first kappa shape index (κ1) is 15.9. The molecule has 0 saturated carbocycles. The predicted molar refractivity (Wildman–Crippen MR) is 94.7 cm³/mol. The van der Waals surface area contributed by atoms with E-state index in [0.717, 1.165) is 24.6 Å². The predicted octanol–water partition coefficient (Wildman–Crippen LogP) is 4.13. The van der Waals surface area contributed by atoms with Gasteiger partial charge in [0.15, 0.2) is 5.13 Å². The maximum absolute atomic E-state index is 4.43. The summed E-state index contributed by atoms with van der Waals surface area (Å²) in [6.07, 6.45) is 8.80. The number of hydrogen-bond acceptors (Lipinski definition) is 4. The van der Waals surface area contributed by atoms with E-state index >= 15 is 0 Å². The van der Waals surface area contributed by atoms with E-state index in [9.17, 15) is 0 Å². The van der Waals surface area contributed by atoms with Gasteiger partial charge in [-0.2, -0.15) is 0 Å². The van der Waals surface area contributed by atoms with Gasteiger partial charge in [0, 0.05) is 55.0 Å². The van der Waals surface area contributed by atoms with Crippen molar-refractivity contribution in [3.05, 3.63) is 65.7 Å². The first-order valence-corrected chi connectivity index (χ1v) is 8.85. The molecule has 23 heavy (non-hydrogen) atoms. The third-order valence-corrected chi connectivity index (χ3v) is 4.94. The van der Waals surface area contributed by atoms with E-state index in [-0.39, 0.29) is 0 Å². The quantitative estimate of drug-likeness (QED) is 0.654. The lowest BCUT2D eigenvalue weighted by Crippen LogP contribution is -2.32. The zero-order chi connectivity index (χ0) is 16.1. The molecule has 0 spiro atoms. The van der Waals surface area contributed by atoms with E-state index in [0.29, 0.717) is 6.04 Å². The van der Waals surface area contributed by atoms with Crippen molar-refractivity contribution in [3.63, 3.8) is 0 Å². The third-order valence-electron chi connectivity index (χ3n) is 4.17. The number of nitrogens with zero attached hydrogens (tertiary/aromatic N) is 4. The molecule has 1 atom stereocenters. The van der Waals surface area contributed by atoms with Crippen molar-refractivity contribution in [3.8, 4) is 5.13 Å². The van der Waals surface area contributed by atoms with Crippen molar-refractivity contribution in [2.45, 2.75) is 39.4 Å². The van der Waals surface area contributed by atoms with Gasteiger partial charge in [-0.3, -0.25) is 14.5 Å². The summed E-state index contributed by atoms with van der Waals surface area (Å²) in [4.78, 5) is 11.1. The smallest absolute Gasteiger partial charge is 0.193 e. The fourth-order valence-electron chi connectivity index (χ4n) is 2.62. The van der Waals surface area contributed by atoms with Gasteiger partial charge in [0.25, 0.3) is 0 Å². The maximum Gasteiger partial charge on any atom is 0.193 e. The van der Waals surface area contributed by atoms with E-state index in [1.54, 1.807) is 11.3 Å². The Bertz CT molecular complexity index is 706. The van der Waals surface area contributed by atoms with Crippen molar-refractivity contribution in [2.75, 3.05) is 0 Å². The van der Waals surface area contributed by atoms with Gasteiger partial charge in [0.1, 0.15) is 0 Å². The molecule has 0 radical (unpaired) electrons. The van der Waals surface area contributed by atoms with Crippen LogP contribution in [0.3, 0.4) is 0 Å². The molecule has 0 N–H and O–H groups in total. The van der Waals surface area contributed by atoms with Gasteiger partial charge in [-0.15, -0.1) is 11.3 Å². The zero-order valence-corrected chi connectivity index (χ0v) is 14.4. The van der Waals surface area contributed by atoms with Gasteiger partial charge < -0.3 is 0 Å². The van der Waals surface area contributed by atoms with Crippen LogP contribution >= 0.6 is 11.3 Å². The average molecular weight is 326 g/mol. The molecule has 0 fully saturated rings. The minimum absolute atomic E-state index is 0.516. The molecule has 0 aliphatic rings. The Labute approximate surface area is 141 Å². The fraction of sp³-hybridized carbons (Fsp3) is 0.333. The Hall–Kier alpha value is -1.98. The van der Waals surface area contributed by atoms with E-state index < -0.39 is 0 Å². The van der Waals surface area contributed by atoms with Crippen LogP contribution in [-0.4, -0.2) is 25.5 Å². The van der Waals surface area contributed by atoms with Crippen LogP contribution < -0.4 is 0 Å². The molecular formula is C18H22N4S. The third kappa shape index (κ3) is 3.86. The molecule has 0 saturated heterocycles. The summed E-state index contributed by atoms with van der Waals surface area (Å²) in [5, 5.41) is 3.04. The molecule has 3 aromatic heterocycles. The summed E-state index contributed by atoms with van der Waals surface area (Å²) in [5.41, 5.74) is 2.57. The molecule has 120 valence electrons. The number of aromatic nitrogens is 3. The van der Waals surface area contributed by atoms with Gasteiger partial charge in [0.05, 0.1) is 0 Å². The lowest BCUT2D eigenvalue weighted by Gasteiger charge is -2.28. The summed E-state index contributed by atoms with van der Waals surface area (Å²) in [5.74, 6) is 0. The maximum atomic E-state index is 4.43. The topological polar surface area (TPSA) is 34.0 Å². The Morgan fingerprint density at radius 3 is 2.70 bits per heavy atom. The Kier molecular flexibility index (Phi) is 5.20. The van der Waals surface area contributed by atoms with Gasteiger partial charge in [0.2, 0.25) is 0 Å². The van der Waals surface area contributed by atoms with Crippen LogP contribution in [0.1, 0.15) is 31.5 Å². The molecule has 3 rings (SSSR count). The minimum atomic E-state index is 0.516. The summed E-state index contributed by atoms with van der Waals surface area (Å²) in [6, 6.07) is 8.98. The second-order valence-corrected chi connectivity index (χ2v) is 6.57. The molecular weight excluding hydrogens is 304 g/mol. The minimum Gasteiger partial charge on any atom is -0.296 e. The first-order chi connectivity index (χ1) is 11.3. The second kappa shape index (κ2) is 7.53. The van der Waals surface area contributed by atoms with Crippen LogP contribution in [0.25, 0.3) is 5.13 Å². The standard InChI is InChI=1S/C18H22N4S/c1-3-15(2)21(13-16-6-8-19-9-7-16)14-17-5-4-11-22(17)18-20-10-12-23-18/h4-12,15H,3,13-14H2,1-2H3/t15-/m1/s1. The second-order valence-electron chi connectivity index (χ2n) is 5.70. The van der Waals surface area contributed by atoms with Gasteiger partial charge in [-0.05, 0) is 43.2 Å². The highest BCUT2D eigenvalue weighted by Gasteiger charge is 2.16. The first-order valence-electron chi connectivity index (χ1n) is 7.97. The highest BCUT2D eigenvalue weighted by Crippen LogP contribution is 2.19. The molecule has 5 heteroatoms. The molecule has 3 aromatic rings. The van der Waals surface area contributed by atoms with Crippen molar-refractivity contribution in [1.29, 1.82) is 0 Å². The Morgan fingerprint density at radius 1 is 1.17 bits per heavy atom. The number of thiazole rings is 1. The normalized spacial score (nSPS) is 12.7. The Morgan fingerprint density at radius 2 is 2.00 bits per heavy atom. The average Bonchev–Trinajstić information content (AvgIpc) is 3.25. The molecule has 0 bridgehead atoms. The summed E-state index contributed by atoms with van der Waals surface area (Å²) >= 11 is 1.67. The highest BCUT2D eigenvalue weighted by molar-refractivity contribution is 7.12. The molecule has 3 heterocycles. The van der Waals surface area contributed by atoms with Crippen molar-refractivity contribution in [1.82, 2.24) is 19.4 Å². The fourth-order valence-corrected chi connectivity index (χ4v) is 3.28. The van der Waals surface area contributed by atoms with Crippen LogP contribution in [0.15, 0.2) is 54.4 Å². The molecule has 4 nitrogen and oxygen atoms in total. The lowest BCUT2D eigenvalue weighted by atomic mass is 10.1. The van der Waals surface area contributed by atoms with Crippen LogP contribution in [0, 0.1) is 0 Å². The zero-order valence-electron chi connectivity index (χ0n) is 13.6. The number of rotatable bonds is 7. The SMILES string of the molecule is CC[C@@H](C)N(Cc1ccncc1)Cc1cccn1-c1nccs1. The largest absolute Gasteiger partial charge is 0.296 e. The highest BCUT2D eigenvalue weighted by atomic mass is 32.1. The lowest BCUT2D eigenvalue weighted by molar-refractivity contribution is 0.183. The van der Waals surface area contributed by atoms with E-state index in [1.165, 1.54) is 11.3 Å². The van der Waals surface area contributed by atoms with Gasteiger partial charge in [-0.1, -0.05) is 6.92 Å². The summed E-state index contributed by atoms with van der Waals surface area (Å²) in [7, 11) is 0. The van der Waals surface area contributed by atoms with E-state index in [2.05, 4.69) is 63.7 Å². The van der Waals surface area contributed by atoms with Crippen molar-refractivity contribution >= 4 is 11.3 Å². The molecule has 0 aliphatic heterocycles. The number of hydrogen-bond donors (Lipinski definition) is 0. The molecule has 0 aliphatic carbocycles. The molecule has 0 aromatic carbocycles. The summed E-state index contributed by atoms with van der Waals surface area (Å²) in [6.45, 7) is 6.37. The molecule has 0 amide bonds. The van der Waals surface area contributed by atoms with Crippen LogP contribution in [0.2, 0.25) is 0 Å². The van der Waals surface area contributed by atoms with Crippen molar-refractivity contribution < 1.29 is 0 Å². The van der Waals surface area contributed by atoms with Crippen LogP contribution in [-0.2, 0) is 13.1 Å². The van der Waals surface area contributed by atoms with E-state index in [1.807, 2.05) is 24.0 Å². The monoisotopic (exact) mass is 326 g/mol. The van der Waals surface area contributed by atoms with Gasteiger partial charge in [-0.25, -0.2) is 4.98 Å². The molecule has 0 unspecified atom stereocenters. The van der Waals surface area contributed by atoms with Crippen LogP contribution in [0.5, 0.6) is 0 Å². The Balaban J connectivity index is 1.81. The number of pyridine rings is 1. The van der Waals surface area contributed by atoms with E-state index in [4.69, 9.17) is 0 Å². The summed E-state index contributed by atoms with van der Waals surface area (Å²) < 4.78 is 2.19. The van der Waals surface area contributed by atoms with Crippen LogP contribution in [0.4, 0.5) is 0 Å². The van der Waals surface area contributed by atoms with Crippen molar-refractivity contribution in [2.24, 2.45) is 0 Å². The van der Waals surface area contributed by atoms with Gasteiger partial charge >= 0.3 is 0 Å².